The Bertz CT molecular complexity index is 503. The van der Waals surface area contributed by atoms with E-state index in [0.29, 0.717) is 0 Å². The van der Waals surface area contributed by atoms with E-state index >= 15 is 0 Å². The average Bonchev–Trinajstić information content (AvgIpc) is 2.58. The van der Waals surface area contributed by atoms with Crippen molar-refractivity contribution in [2.45, 2.75) is 18.6 Å². The molecule has 0 fully saturated rings. The summed E-state index contributed by atoms with van der Waals surface area (Å²) in [6.45, 7) is 0. The molecule has 1 unspecified atom stereocenters. The predicted molar refractivity (Wildman–Crippen MR) is 70.1 cm³/mol. The number of unbranched alkanes of at least 4 members (excludes halogenated alkanes) is 1. The molecule has 80 valence electrons. The first-order valence-corrected chi connectivity index (χ1v) is 7.51. The standard InChI is InChI=1S/C11H12BrNOS/c12-7-3-4-8-15-10-6-2-1-5-9(10)11(14)13-15/h1-2,5-6H,3-4,7-8H2/p+1. The summed E-state index contributed by atoms with van der Waals surface area (Å²) < 4.78 is 4.24. The minimum Gasteiger partial charge on any atom is -0.264 e. The Hall–Kier alpha value is -0.610. The molecule has 0 amide bonds. The number of hydrogen-bond acceptors (Lipinski definition) is 1. The van der Waals surface area contributed by atoms with Gasteiger partial charge in [0, 0.05) is 11.4 Å². The zero-order valence-electron chi connectivity index (χ0n) is 8.33. The van der Waals surface area contributed by atoms with Gasteiger partial charge in [0.15, 0.2) is 0 Å². The van der Waals surface area contributed by atoms with E-state index in [1.807, 2.05) is 18.2 Å². The van der Waals surface area contributed by atoms with Gasteiger partial charge in [-0.05, 0) is 18.9 Å². The van der Waals surface area contributed by atoms with Gasteiger partial charge in [-0.1, -0.05) is 28.1 Å². The molecule has 15 heavy (non-hydrogen) atoms. The number of aryl methyl sites for hydroxylation is 1. The van der Waals surface area contributed by atoms with Crippen molar-refractivity contribution in [2.75, 3.05) is 5.33 Å². The highest BCUT2D eigenvalue weighted by molar-refractivity contribution is 9.09. The van der Waals surface area contributed by atoms with Crippen LogP contribution in [-0.4, -0.2) is 9.70 Å². The van der Waals surface area contributed by atoms with Gasteiger partial charge in [0.1, 0.15) is 11.1 Å². The number of halogens is 1. The minimum atomic E-state index is -0.0542. The third-order valence-corrected chi connectivity index (χ3v) is 4.92. The van der Waals surface area contributed by atoms with Crippen LogP contribution in [0.5, 0.6) is 0 Å². The Morgan fingerprint density at radius 3 is 2.87 bits per heavy atom. The number of hydrogen-bond donors (Lipinski definition) is 1. The summed E-state index contributed by atoms with van der Waals surface area (Å²) in [5.74, 6) is 1.06. The Labute approximate surface area is 99.6 Å². The smallest absolute Gasteiger partial charge is 0.264 e. The molecule has 2 aromatic rings. The van der Waals surface area contributed by atoms with E-state index < -0.39 is 0 Å². The van der Waals surface area contributed by atoms with Crippen LogP contribution in [0, 0.1) is 0 Å². The van der Waals surface area contributed by atoms with E-state index in [2.05, 4.69) is 26.4 Å². The lowest BCUT2D eigenvalue weighted by Crippen LogP contribution is -1.96. The van der Waals surface area contributed by atoms with Gasteiger partial charge >= 0.3 is 5.56 Å². The Kier molecular flexibility index (Phi) is 3.59. The third-order valence-electron chi connectivity index (χ3n) is 2.35. The Balaban J connectivity index is 2.31. The molecule has 0 radical (unpaired) electrons. The molecular formula is C11H13BrNOS+. The Morgan fingerprint density at radius 1 is 1.27 bits per heavy atom. The summed E-state index contributed by atoms with van der Waals surface area (Å²) in [5, 5.41) is 1.90. The summed E-state index contributed by atoms with van der Waals surface area (Å²) in [4.78, 5) is 11.6. The van der Waals surface area contributed by atoms with Crippen molar-refractivity contribution < 1.29 is 0 Å². The second kappa shape index (κ2) is 4.94. The maximum atomic E-state index is 11.6. The molecule has 0 saturated heterocycles. The zero-order valence-corrected chi connectivity index (χ0v) is 10.7. The van der Waals surface area contributed by atoms with E-state index in [1.165, 1.54) is 11.1 Å². The monoisotopic (exact) mass is 286 g/mol. The fraction of sp³-hybridized carbons (Fsp3) is 0.364. The number of benzene rings is 1. The van der Waals surface area contributed by atoms with Crippen LogP contribution in [0.4, 0.5) is 0 Å². The SMILES string of the molecule is O=c1[nH][s+](CCCCBr)c2ccccc12. The Morgan fingerprint density at radius 2 is 2.07 bits per heavy atom. The molecule has 0 spiro atoms. The average molecular weight is 287 g/mol. The van der Waals surface area contributed by atoms with E-state index in [4.69, 9.17) is 0 Å². The van der Waals surface area contributed by atoms with Crippen LogP contribution >= 0.6 is 26.6 Å². The summed E-state index contributed by atoms with van der Waals surface area (Å²) >= 11 is 3.42. The van der Waals surface area contributed by atoms with Gasteiger partial charge in [0.2, 0.25) is 4.70 Å². The highest BCUT2D eigenvalue weighted by Crippen LogP contribution is 2.27. The maximum absolute atomic E-state index is 11.6. The van der Waals surface area contributed by atoms with E-state index in [9.17, 15) is 4.79 Å². The van der Waals surface area contributed by atoms with Gasteiger partial charge < -0.3 is 0 Å². The van der Waals surface area contributed by atoms with Gasteiger partial charge in [-0.25, -0.2) is 0 Å². The molecule has 0 bridgehead atoms. The van der Waals surface area contributed by atoms with E-state index in [1.54, 1.807) is 0 Å². The molecule has 0 saturated carbocycles. The molecule has 2 nitrogen and oxygen atoms in total. The molecule has 2 rings (SSSR count). The first-order chi connectivity index (χ1) is 7.33. The zero-order chi connectivity index (χ0) is 10.7. The normalized spacial score (nSPS) is 12.2. The molecule has 0 aliphatic rings. The highest BCUT2D eigenvalue weighted by Gasteiger charge is 2.15. The molecule has 1 N–H and O–H groups in total. The number of aromatic amines is 1. The van der Waals surface area contributed by atoms with Gasteiger partial charge in [-0.15, -0.1) is 0 Å². The molecule has 1 heterocycles. The van der Waals surface area contributed by atoms with Crippen molar-refractivity contribution >= 4 is 36.7 Å². The predicted octanol–water partition coefficient (Wildman–Crippen LogP) is 3.45. The minimum absolute atomic E-state index is 0.0542. The van der Waals surface area contributed by atoms with Gasteiger partial charge in [0.25, 0.3) is 0 Å². The van der Waals surface area contributed by atoms with E-state index in [-0.39, 0.29) is 16.2 Å². The van der Waals surface area contributed by atoms with Crippen LogP contribution < -0.4 is 5.56 Å². The number of rotatable bonds is 4. The molecule has 1 aromatic heterocycles. The fourth-order valence-electron chi connectivity index (χ4n) is 1.59. The van der Waals surface area contributed by atoms with Crippen LogP contribution in [0.25, 0.3) is 10.1 Å². The molecule has 1 aromatic carbocycles. The highest BCUT2D eigenvalue weighted by atomic mass is 79.9. The first kappa shape index (κ1) is 10.9. The quantitative estimate of drug-likeness (QED) is 0.521. The lowest BCUT2D eigenvalue weighted by molar-refractivity contribution is 0.866. The summed E-state index contributed by atoms with van der Waals surface area (Å²) in [6.07, 6.45) is 2.32. The number of alkyl halides is 1. The van der Waals surface area contributed by atoms with Crippen LogP contribution in [0.3, 0.4) is 0 Å². The van der Waals surface area contributed by atoms with Crippen LogP contribution in [0.1, 0.15) is 12.8 Å². The molecular weight excluding hydrogens is 274 g/mol. The molecule has 0 aliphatic carbocycles. The van der Waals surface area contributed by atoms with Crippen molar-refractivity contribution in [1.82, 2.24) is 4.37 Å². The van der Waals surface area contributed by atoms with Crippen molar-refractivity contribution in [3.63, 3.8) is 0 Å². The summed E-state index contributed by atoms with van der Waals surface area (Å²) in [5.41, 5.74) is 0.0905. The first-order valence-electron chi connectivity index (χ1n) is 5.00. The summed E-state index contributed by atoms with van der Waals surface area (Å²) in [6, 6.07) is 7.89. The second-order valence-electron chi connectivity index (χ2n) is 3.42. The van der Waals surface area contributed by atoms with Crippen LogP contribution in [0.15, 0.2) is 29.1 Å². The summed E-state index contributed by atoms with van der Waals surface area (Å²) in [7, 11) is -0.0542. The van der Waals surface area contributed by atoms with Gasteiger partial charge in [-0.3, -0.25) is 4.79 Å². The van der Waals surface area contributed by atoms with Crippen molar-refractivity contribution in [1.29, 1.82) is 0 Å². The maximum Gasteiger partial charge on any atom is 0.301 e. The molecule has 4 heteroatoms. The third kappa shape index (κ3) is 2.32. The number of H-pyrrole nitrogens is 1. The van der Waals surface area contributed by atoms with Crippen molar-refractivity contribution in [2.24, 2.45) is 0 Å². The lowest BCUT2D eigenvalue weighted by atomic mass is 10.3. The fourth-order valence-corrected chi connectivity index (χ4v) is 3.92. The van der Waals surface area contributed by atoms with Gasteiger partial charge in [0.05, 0.1) is 10.7 Å². The molecule has 1 atom stereocenters. The topological polar surface area (TPSA) is 32.9 Å². The van der Waals surface area contributed by atoms with Crippen molar-refractivity contribution in [3.05, 3.63) is 34.6 Å². The molecule has 0 aliphatic heterocycles. The van der Waals surface area contributed by atoms with Crippen LogP contribution in [-0.2, 0) is 5.75 Å². The van der Waals surface area contributed by atoms with Crippen LogP contribution in [0.2, 0.25) is 0 Å². The number of nitrogens with one attached hydrogen (secondary N) is 1. The second-order valence-corrected chi connectivity index (χ2v) is 6.04. The van der Waals surface area contributed by atoms with Crippen molar-refractivity contribution in [3.8, 4) is 0 Å². The van der Waals surface area contributed by atoms with E-state index in [0.717, 1.165) is 22.9 Å². The number of fused-ring (bicyclic) bond motifs is 1. The lowest BCUT2D eigenvalue weighted by Gasteiger charge is -1.89. The number of aromatic nitrogens is 1. The van der Waals surface area contributed by atoms with Gasteiger partial charge in [-0.2, -0.15) is 4.37 Å². The largest absolute Gasteiger partial charge is 0.301 e.